The monoisotopic (exact) mass is 704 g/mol. The molecule has 0 aliphatic rings. The van der Waals surface area contributed by atoms with Crippen molar-refractivity contribution in [2.75, 3.05) is 0 Å². The minimum atomic E-state index is -4.23. The fourth-order valence-corrected chi connectivity index (χ4v) is 8.42. The molecule has 0 aliphatic heterocycles. The van der Waals surface area contributed by atoms with E-state index >= 15 is 4.57 Å². The van der Waals surface area contributed by atoms with Crippen molar-refractivity contribution in [1.29, 1.82) is 0 Å². The standard InChI is InChI=1S/C45H69O4P/c1-10-16-19-37(13-4)31-40-28-34(7)22-25-43(40)47-50(46,48-44-26-23-35(8)29-41(44)32-38(14-5)20-17-11-2)49-45-27-24-36(9)30-42(45)33-39(15-6)21-18-12-3/h22-30,37-39H,10-21,31-33H2,1-9H3. The maximum Gasteiger partial charge on any atom is 0.647 e. The third-order valence-electron chi connectivity index (χ3n) is 10.4. The summed E-state index contributed by atoms with van der Waals surface area (Å²) in [7, 11) is -4.23. The number of hydrogen-bond donors (Lipinski definition) is 0. The predicted molar refractivity (Wildman–Crippen MR) is 214 cm³/mol. The van der Waals surface area contributed by atoms with E-state index in [1.165, 1.54) is 38.5 Å². The van der Waals surface area contributed by atoms with Crippen LogP contribution in [0.15, 0.2) is 54.6 Å². The molecular formula is C45H69O4P. The lowest BCUT2D eigenvalue weighted by Crippen LogP contribution is -2.13. The van der Waals surface area contributed by atoms with E-state index in [0.717, 1.165) is 91.2 Å². The molecule has 0 amide bonds. The molecule has 0 radical (unpaired) electrons. The fraction of sp³-hybridized carbons (Fsp3) is 0.600. The van der Waals surface area contributed by atoms with Crippen LogP contribution >= 0.6 is 7.82 Å². The van der Waals surface area contributed by atoms with Gasteiger partial charge >= 0.3 is 7.82 Å². The summed E-state index contributed by atoms with van der Waals surface area (Å²) in [5, 5.41) is 0. The first-order chi connectivity index (χ1) is 24.1. The summed E-state index contributed by atoms with van der Waals surface area (Å²) < 4.78 is 35.2. The summed E-state index contributed by atoms with van der Waals surface area (Å²) in [4.78, 5) is 0. The topological polar surface area (TPSA) is 44.8 Å². The average Bonchev–Trinajstić information content (AvgIpc) is 3.10. The van der Waals surface area contributed by atoms with Crippen molar-refractivity contribution in [2.24, 2.45) is 17.8 Å². The first-order valence-electron chi connectivity index (χ1n) is 20.0. The van der Waals surface area contributed by atoms with Crippen LogP contribution in [-0.2, 0) is 23.8 Å². The van der Waals surface area contributed by atoms with E-state index in [-0.39, 0.29) is 0 Å². The van der Waals surface area contributed by atoms with E-state index in [2.05, 4.69) is 80.5 Å². The quantitative estimate of drug-likeness (QED) is 0.0871. The summed E-state index contributed by atoms with van der Waals surface area (Å²) in [5.74, 6) is 3.32. The third-order valence-corrected chi connectivity index (χ3v) is 11.7. The molecule has 0 spiro atoms. The van der Waals surface area contributed by atoms with Gasteiger partial charge in [-0.25, -0.2) is 0 Å². The van der Waals surface area contributed by atoms with E-state index in [0.29, 0.717) is 35.0 Å². The highest BCUT2D eigenvalue weighted by Gasteiger charge is 2.36. The Hall–Kier alpha value is -2.71. The molecule has 0 heterocycles. The van der Waals surface area contributed by atoms with Gasteiger partial charge in [0.2, 0.25) is 0 Å². The molecule has 3 aromatic rings. The minimum Gasteiger partial charge on any atom is -0.386 e. The number of hydrogen-bond acceptors (Lipinski definition) is 4. The van der Waals surface area contributed by atoms with Crippen molar-refractivity contribution in [3.05, 3.63) is 88.0 Å². The van der Waals surface area contributed by atoms with Crippen LogP contribution in [-0.4, -0.2) is 0 Å². The molecule has 4 nitrogen and oxygen atoms in total. The van der Waals surface area contributed by atoms with Gasteiger partial charge in [-0.05, 0) is 92.7 Å². The maximum atomic E-state index is 15.3. The molecule has 0 aliphatic carbocycles. The molecule has 3 atom stereocenters. The zero-order valence-electron chi connectivity index (χ0n) is 33.1. The summed E-state index contributed by atoms with van der Waals surface area (Å²) in [6, 6.07) is 18.5. The molecule has 3 unspecified atom stereocenters. The Balaban J connectivity index is 2.11. The number of benzene rings is 3. The van der Waals surface area contributed by atoms with E-state index in [1.807, 2.05) is 36.4 Å². The molecule has 3 aromatic carbocycles. The van der Waals surface area contributed by atoms with Gasteiger partial charge < -0.3 is 13.6 Å². The summed E-state index contributed by atoms with van der Waals surface area (Å²) in [6.07, 6.45) is 16.5. The minimum absolute atomic E-state index is 0.524. The first kappa shape index (κ1) is 41.7. The predicted octanol–water partition coefficient (Wildman–Crippen LogP) is 14.5. The Bertz CT molecular complexity index is 1310. The molecule has 0 saturated carbocycles. The Morgan fingerprint density at radius 2 is 0.760 bits per heavy atom. The highest BCUT2D eigenvalue weighted by molar-refractivity contribution is 7.49. The summed E-state index contributed by atoms with van der Waals surface area (Å²) >= 11 is 0. The van der Waals surface area contributed by atoms with Crippen molar-refractivity contribution in [1.82, 2.24) is 0 Å². The SMILES string of the molecule is CCCCC(CC)Cc1cc(C)ccc1OP(=O)(Oc1ccc(C)cc1CC(CC)CCCC)Oc1ccc(C)cc1CC(CC)CCCC. The van der Waals surface area contributed by atoms with Gasteiger partial charge in [0.1, 0.15) is 17.2 Å². The highest BCUT2D eigenvalue weighted by Crippen LogP contribution is 2.52. The Kier molecular flexibility index (Phi) is 18.0. The van der Waals surface area contributed by atoms with E-state index in [4.69, 9.17) is 13.6 Å². The van der Waals surface area contributed by atoms with E-state index in [1.54, 1.807) is 0 Å². The lowest BCUT2D eigenvalue weighted by atomic mass is 9.91. The van der Waals surface area contributed by atoms with E-state index in [9.17, 15) is 0 Å². The van der Waals surface area contributed by atoms with Crippen LogP contribution in [0.1, 0.15) is 152 Å². The lowest BCUT2D eigenvalue weighted by molar-refractivity contribution is 0.292. The molecule has 278 valence electrons. The van der Waals surface area contributed by atoms with Gasteiger partial charge in [0.05, 0.1) is 0 Å². The van der Waals surface area contributed by atoms with Gasteiger partial charge in [-0.1, -0.05) is 172 Å². The molecule has 3 rings (SSSR count). The van der Waals surface area contributed by atoms with Crippen molar-refractivity contribution >= 4 is 7.82 Å². The normalized spacial score (nSPS) is 14.5. The smallest absolute Gasteiger partial charge is 0.386 e. The maximum absolute atomic E-state index is 15.3. The molecule has 5 heteroatoms. The van der Waals surface area contributed by atoms with Gasteiger partial charge in [-0.2, -0.15) is 4.57 Å². The van der Waals surface area contributed by atoms with Gasteiger partial charge in [0.15, 0.2) is 0 Å². The second-order valence-corrected chi connectivity index (χ2v) is 16.4. The highest BCUT2D eigenvalue weighted by atomic mass is 31.2. The second kappa shape index (κ2) is 21.6. The lowest BCUT2D eigenvalue weighted by Gasteiger charge is -2.25. The number of rotatable bonds is 24. The summed E-state index contributed by atoms with van der Waals surface area (Å²) in [6.45, 7) is 19.9. The van der Waals surface area contributed by atoms with Gasteiger partial charge in [0, 0.05) is 0 Å². The first-order valence-corrected chi connectivity index (χ1v) is 21.5. The third kappa shape index (κ3) is 13.4. The van der Waals surface area contributed by atoms with Crippen LogP contribution in [0.4, 0.5) is 0 Å². The van der Waals surface area contributed by atoms with Crippen LogP contribution in [0, 0.1) is 38.5 Å². The largest absolute Gasteiger partial charge is 0.647 e. The molecule has 0 N–H and O–H groups in total. The molecular weight excluding hydrogens is 635 g/mol. The van der Waals surface area contributed by atoms with Crippen molar-refractivity contribution in [3.63, 3.8) is 0 Å². The second-order valence-electron chi connectivity index (χ2n) is 14.9. The molecule has 0 saturated heterocycles. The average molecular weight is 705 g/mol. The molecule has 0 fully saturated rings. The van der Waals surface area contributed by atoms with Crippen LogP contribution in [0.3, 0.4) is 0 Å². The van der Waals surface area contributed by atoms with Crippen molar-refractivity contribution in [2.45, 2.75) is 159 Å². The zero-order chi connectivity index (χ0) is 36.5. The van der Waals surface area contributed by atoms with Crippen LogP contribution in [0.25, 0.3) is 0 Å². The number of phosphoric acid groups is 1. The van der Waals surface area contributed by atoms with Crippen molar-refractivity contribution in [3.8, 4) is 17.2 Å². The molecule has 50 heavy (non-hydrogen) atoms. The zero-order valence-corrected chi connectivity index (χ0v) is 34.0. The van der Waals surface area contributed by atoms with Gasteiger partial charge in [-0.3, -0.25) is 0 Å². The Morgan fingerprint density at radius 3 is 1.00 bits per heavy atom. The van der Waals surface area contributed by atoms with Crippen LogP contribution in [0.5, 0.6) is 17.2 Å². The van der Waals surface area contributed by atoms with E-state index < -0.39 is 7.82 Å². The molecule has 0 bridgehead atoms. The van der Waals surface area contributed by atoms with Crippen LogP contribution < -0.4 is 13.6 Å². The van der Waals surface area contributed by atoms with Gasteiger partial charge in [-0.15, -0.1) is 0 Å². The summed E-state index contributed by atoms with van der Waals surface area (Å²) in [5.41, 5.74) is 6.66. The Morgan fingerprint density at radius 1 is 0.480 bits per heavy atom. The number of unbranched alkanes of at least 4 members (excludes halogenated alkanes) is 3. The van der Waals surface area contributed by atoms with Crippen LogP contribution in [0.2, 0.25) is 0 Å². The van der Waals surface area contributed by atoms with Crippen molar-refractivity contribution < 1.29 is 18.1 Å². The number of phosphoric ester groups is 1. The molecule has 0 aromatic heterocycles. The van der Waals surface area contributed by atoms with Gasteiger partial charge in [0.25, 0.3) is 0 Å². The fourth-order valence-electron chi connectivity index (χ4n) is 7.05. The number of aryl methyl sites for hydroxylation is 3. The Labute approximate surface area is 306 Å².